The lowest BCUT2D eigenvalue weighted by atomic mass is 10.3. The van der Waals surface area contributed by atoms with Crippen LogP contribution < -0.4 is 5.32 Å². The van der Waals surface area contributed by atoms with Crippen molar-refractivity contribution in [2.75, 3.05) is 25.0 Å². The summed E-state index contributed by atoms with van der Waals surface area (Å²) < 4.78 is 26.5. The molecule has 1 aromatic carbocycles. The fourth-order valence-electron chi connectivity index (χ4n) is 2.20. The van der Waals surface area contributed by atoms with Gasteiger partial charge in [-0.2, -0.15) is 0 Å². The van der Waals surface area contributed by atoms with Crippen molar-refractivity contribution in [1.29, 1.82) is 0 Å². The first-order valence-electron chi connectivity index (χ1n) is 7.05. The number of halogens is 2. The lowest BCUT2D eigenvalue weighted by Gasteiger charge is -2.20. The zero-order valence-electron chi connectivity index (χ0n) is 11.7. The van der Waals surface area contributed by atoms with Crippen LogP contribution in [-0.2, 0) is 4.79 Å². The number of carbonyl (C=O) groups is 1. The molecular weight excluding hydrogens is 262 g/mol. The van der Waals surface area contributed by atoms with Crippen molar-refractivity contribution in [3.8, 4) is 0 Å². The third-order valence-electron chi connectivity index (χ3n) is 3.32. The molecule has 0 spiro atoms. The van der Waals surface area contributed by atoms with Crippen molar-refractivity contribution in [2.45, 2.75) is 26.2 Å². The van der Waals surface area contributed by atoms with E-state index in [0.29, 0.717) is 5.92 Å². The summed E-state index contributed by atoms with van der Waals surface area (Å²) in [6, 6.07) is 3.04. The highest BCUT2D eigenvalue weighted by atomic mass is 19.1. The first kappa shape index (κ1) is 14.9. The van der Waals surface area contributed by atoms with Gasteiger partial charge in [-0.1, -0.05) is 6.92 Å². The summed E-state index contributed by atoms with van der Waals surface area (Å²) in [4.78, 5) is 14.0. The van der Waals surface area contributed by atoms with Crippen LogP contribution in [0.15, 0.2) is 18.2 Å². The van der Waals surface area contributed by atoms with Crippen LogP contribution >= 0.6 is 0 Å². The van der Waals surface area contributed by atoms with Gasteiger partial charge < -0.3 is 5.32 Å². The predicted molar refractivity (Wildman–Crippen MR) is 74.4 cm³/mol. The molecule has 1 amide bonds. The zero-order valence-corrected chi connectivity index (χ0v) is 11.7. The molecule has 0 unspecified atom stereocenters. The number of nitrogens with zero attached hydrogens (tertiary/aromatic N) is 1. The maximum absolute atomic E-state index is 13.4. The summed E-state index contributed by atoms with van der Waals surface area (Å²) in [5.74, 6) is -0.794. The molecule has 0 atom stereocenters. The average Bonchev–Trinajstić information content (AvgIpc) is 3.18. The molecule has 1 saturated carbocycles. The van der Waals surface area contributed by atoms with E-state index in [-0.39, 0.29) is 18.1 Å². The number of amides is 1. The molecule has 0 aliphatic heterocycles. The molecule has 1 aliphatic carbocycles. The van der Waals surface area contributed by atoms with E-state index in [1.807, 2.05) is 0 Å². The second-order valence-corrected chi connectivity index (χ2v) is 5.35. The Labute approximate surface area is 118 Å². The van der Waals surface area contributed by atoms with Gasteiger partial charge in [-0.3, -0.25) is 9.69 Å². The van der Waals surface area contributed by atoms with E-state index in [0.717, 1.165) is 37.7 Å². The summed E-state index contributed by atoms with van der Waals surface area (Å²) in [6.45, 7) is 4.03. The molecule has 0 saturated heterocycles. The molecule has 2 rings (SSSR count). The maximum atomic E-state index is 13.4. The molecular formula is C15H20F2N2O. The molecule has 110 valence electrons. The molecule has 0 aromatic heterocycles. The second kappa shape index (κ2) is 6.79. The van der Waals surface area contributed by atoms with Gasteiger partial charge in [0.15, 0.2) is 0 Å². The second-order valence-electron chi connectivity index (χ2n) is 5.35. The summed E-state index contributed by atoms with van der Waals surface area (Å²) >= 11 is 0. The molecule has 0 bridgehead atoms. The molecule has 5 heteroatoms. The largest absolute Gasteiger partial charge is 0.322 e. The highest BCUT2D eigenvalue weighted by Crippen LogP contribution is 2.29. The highest BCUT2D eigenvalue weighted by Gasteiger charge is 2.25. The van der Waals surface area contributed by atoms with Gasteiger partial charge in [0.05, 0.1) is 12.2 Å². The number of rotatable bonds is 7. The topological polar surface area (TPSA) is 32.3 Å². The number of hydrogen-bond donors (Lipinski definition) is 1. The van der Waals surface area contributed by atoms with Crippen LogP contribution in [0, 0.1) is 17.6 Å². The van der Waals surface area contributed by atoms with Gasteiger partial charge in [-0.05, 0) is 43.9 Å². The SMILES string of the molecule is CCCN(CC(=O)Nc1cc(F)ccc1F)CC1CC1. The fraction of sp³-hybridized carbons (Fsp3) is 0.533. The molecule has 1 aliphatic rings. The monoisotopic (exact) mass is 282 g/mol. The van der Waals surface area contributed by atoms with E-state index < -0.39 is 11.6 Å². The molecule has 20 heavy (non-hydrogen) atoms. The van der Waals surface area contributed by atoms with Crippen LogP contribution in [0.3, 0.4) is 0 Å². The van der Waals surface area contributed by atoms with Crippen LogP contribution in [0.2, 0.25) is 0 Å². The molecule has 1 fully saturated rings. The summed E-state index contributed by atoms with van der Waals surface area (Å²) in [7, 11) is 0. The minimum absolute atomic E-state index is 0.0992. The Morgan fingerprint density at radius 3 is 2.80 bits per heavy atom. The van der Waals surface area contributed by atoms with Crippen molar-refractivity contribution < 1.29 is 13.6 Å². The van der Waals surface area contributed by atoms with E-state index in [1.165, 1.54) is 12.8 Å². The van der Waals surface area contributed by atoms with Gasteiger partial charge >= 0.3 is 0 Å². The van der Waals surface area contributed by atoms with Gasteiger partial charge in [-0.15, -0.1) is 0 Å². The van der Waals surface area contributed by atoms with E-state index in [9.17, 15) is 13.6 Å². The Morgan fingerprint density at radius 1 is 1.40 bits per heavy atom. The number of carbonyl (C=O) groups excluding carboxylic acids is 1. The van der Waals surface area contributed by atoms with Crippen LogP contribution in [-0.4, -0.2) is 30.4 Å². The molecule has 0 heterocycles. The molecule has 3 nitrogen and oxygen atoms in total. The van der Waals surface area contributed by atoms with Crippen molar-refractivity contribution >= 4 is 11.6 Å². The predicted octanol–water partition coefficient (Wildman–Crippen LogP) is 3.03. The lowest BCUT2D eigenvalue weighted by Crippen LogP contribution is -2.35. The van der Waals surface area contributed by atoms with Gasteiger partial charge in [0.25, 0.3) is 0 Å². The third kappa shape index (κ3) is 4.56. The maximum Gasteiger partial charge on any atom is 0.238 e. The van der Waals surface area contributed by atoms with Gasteiger partial charge in [0.1, 0.15) is 11.6 Å². The van der Waals surface area contributed by atoms with Crippen molar-refractivity contribution in [2.24, 2.45) is 5.92 Å². The molecule has 1 N–H and O–H groups in total. The molecule has 1 aromatic rings. The Bertz CT molecular complexity index is 475. The van der Waals surface area contributed by atoms with Gasteiger partial charge in [0.2, 0.25) is 5.91 Å². The smallest absolute Gasteiger partial charge is 0.238 e. The van der Waals surface area contributed by atoms with Gasteiger partial charge in [-0.25, -0.2) is 8.78 Å². The summed E-state index contributed by atoms with van der Waals surface area (Å²) in [6.07, 6.45) is 3.41. The molecule has 0 radical (unpaired) electrons. The first-order valence-corrected chi connectivity index (χ1v) is 7.05. The summed E-state index contributed by atoms with van der Waals surface area (Å²) in [5, 5.41) is 2.44. The Hall–Kier alpha value is -1.49. The fourth-order valence-corrected chi connectivity index (χ4v) is 2.20. The minimum atomic E-state index is -0.621. The van der Waals surface area contributed by atoms with Crippen LogP contribution in [0.1, 0.15) is 26.2 Å². The van der Waals surface area contributed by atoms with Crippen molar-refractivity contribution in [1.82, 2.24) is 4.90 Å². The number of anilines is 1. The number of benzene rings is 1. The van der Waals surface area contributed by atoms with E-state index >= 15 is 0 Å². The Morgan fingerprint density at radius 2 is 2.15 bits per heavy atom. The average molecular weight is 282 g/mol. The van der Waals surface area contributed by atoms with Gasteiger partial charge in [0, 0.05) is 12.6 Å². The van der Waals surface area contributed by atoms with E-state index in [4.69, 9.17) is 0 Å². The van der Waals surface area contributed by atoms with Crippen LogP contribution in [0.25, 0.3) is 0 Å². The van der Waals surface area contributed by atoms with Crippen LogP contribution in [0.5, 0.6) is 0 Å². The van der Waals surface area contributed by atoms with Crippen molar-refractivity contribution in [3.63, 3.8) is 0 Å². The Balaban J connectivity index is 1.90. The summed E-state index contributed by atoms with van der Waals surface area (Å²) in [5.41, 5.74) is -0.0992. The standard InChI is InChI=1S/C15H20F2N2O/c1-2-7-19(9-11-3-4-11)10-15(20)18-14-8-12(16)5-6-13(14)17/h5-6,8,11H,2-4,7,9-10H2,1H3,(H,18,20). The third-order valence-corrected chi connectivity index (χ3v) is 3.32. The van der Waals surface area contributed by atoms with Crippen LogP contribution in [0.4, 0.5) is 14.5 Å². The number of hydrogen-bond acceptors (Lipinski definition) is 2. The minimum Gasteiger partial charge on any atom is -0.322 e. The normalized spacial score (nSPS) is 14.6. The number of nitrogens with one attached hydrogen (secondary N) is 1. The highest BCUT2D eigenvalue weighted by molar-refractivity contribution is 5.92. The van der Waals surface area contributed by atoms with Crippen molar-refractivity contribution in [3.05, 3.63) is 29.8 Å². The van der Waals surface area contributed by atoms with E-state index in [2.05, 4.69) is 17.1 Å². The lowest BCUT2D eigenvalue weighted by molar-refractivity contribution is -0.117. The first-order chi connectivity index (χ1) is 9.58. The quantitative estimate of drug-likeness (QED) is 0.833. The Kier molecular flexibility index (Phi) is 5.06. The zero-order chi connectivity index (χ0) is 14.5. The van der Waals surface area contributed by atoms with E-state index in [1.54, 1.807) is 0 Å².